The second-order valence-electron chi connectivity index (χ2n) is 3.81. The van der Waals surface area contributed by atoms with Crippen molar-refractivity contribution in [3.05, 3.63) is 17.5 Å². The minimum absolute atomic E-state index is 0.211. The van der Waals surface area contributed by atoms with Crippen molar-refractivity contribution >= 4 is 6.03 Å². The summed E-state index contributed by atoms with van der Waals surface area (Å²) in [6.07, 6.45) is 1.99. The summed E-state index contributed by atoms with van der Waals surface area (Å²) in [7, 11) is 1.90. The van der Waals surface area contributed by atoms with E-state index in [1.807, 2.05) is 20.2 Å². The van der Waals surface area contributed by atoms with E-state index in [0.717, 1.165) is 5.69 Å². The molecular formula is C10H19N5O. The van der Waals surface area contributed by atoms with Crippen LogP contribution >= 0.6 is 0 Å². The molecule has 0 bridgehead atoms. The molecule has 90 valence electrons. The number of aryl methyl sites for hydroxylation is 2. The van der Waals surface area contributed by atoms with E-state index >= 15 is 0 Å². The molecule has 0 spiro atoms. The highest BCUT2D eigenvalue weighted by atomic mass is 16.2. The molecule has 0 fully saturated rings. The Hall–Kier alpha value is -1.56. The Morgan fingerprint density at radius 2 is 2.31 bits per heavy atom. The standard InChI is InChI=1S/C10H19N5O/c1-7(12-4-5-13-10(11)16)9-6-15(3)14-8(9)2/h6-7,12H,4-5H2,1-3H3,(H3,11,13,16). The number of nitrogens with zero attached hydrogens (tertiary/aromatic N) is 2. The van der Waals surface area contributed by atoms with Crippen molar-refractivity contribution in [1.82, 2.24) is 20.4 Å². The van der Waals surface area contributed by atoms with Gasteiger partial charge in [0.2, 0.25) is 0 Å². The maximum atomic E-state index is 10.4. The molecule has 1 unspecified atom stereocenters. The van der Waals surface area contributed by atoms with Crippen LogP contribution < -0.4 is 16.4 Å². The maximum Gasteiger partial charge on any atom is 0.312 e. The fraction of sp³-hybridized carbons (Fsp3) is 0.600. The van der Waals surface area contributed by atoms with Crippen LogP contribution in [0.5, 0.6) is 0 Å². The normalized spacial score (nSPS) is 12.4. The molecule has 1 aromatic rings. The van der Waals surface area contributed by atoms with Crippen LogP contribution in [0.15, 0.2) is 6.20 Å². The van der Waals surface area contributed by atoms with E-state index in [9.17, 15) is 4.79 Å². The second kappa shape index (κ2) is 5.50. The van der Waals surface area contributed by atoms with Crippen LogP contribution in [0.25, 0.3) is 0 Å². The Morgan fingerprint density at radius 3 is 2.81 bits per heavy atom. The van der Waals surface area contributed by atoms with E-state index in [0.29, 0.717) is 13.1 Å². The van der Waals surface area contributed by atoms with Crippen LogP contribution in [0.2, 0.25) is 0 Å². The molecule has 0 aliphatic carbocycles. The molecule has 4 N–H and O–H groups in total. The summed E-state index contributed by atoms with van der Waals surface area (Å²) in [6, 6.07) is -0.282. The summed E-state index contributed by atoms with van der Waals surface area (Å²) >= 11 is 0. The number of rotatable bonds is 5. The van der Waals surface area contributed by atoms with E-state index in [1.165, 1.54) is 5.56 Å². The maximum absolute atomic E-state index is 10.4. The van der Waals surface area contributed by atoms with Gasteiger partial charge in [-0.15, -0.1) is 0 Å². The van der Waals surface area contributed by atoms with Crippen LogP contribution in [-0.4, -0.2) is 28.9 Å². The molecule has 0 aliphatic rings. The van der Waals surface area contributed by atoms with Gasteiger partial charge in [-0.1, -0.05) is 0 Å². The average molecular weight is 225 g/mol. The lowest BCUT2D eigenvalue weighted by Gasteiger charge is -2.12. The van der Waals surface area contributed by atoms with Gasteiger partial charge < -0.3 is 16.4 Å². The molecule has 6 nitrogen and oxygen atoms in total. The molecule has 16 heavy (non-hydrogen) atoms. The molecule has 2 amide bonds. The van der Waals surface area contributed by atoms with Crippen LogP contribution in [-0.2, 0) is 7.05 Å². The predicted octanol–water partition coefficient (Wildman–Crippen LogP) is 0.0474. The smallest absolute Gasteiger partial charge is 0.312 e. The third-order valence-electron chi connectivity index (χ3n) is 2.39. The largest absolute Gasteiger partial charge is 0.352 e. The van der Waals surface area contributed by atoms with E-state index in [2.05, 4.69) is 22.7 Å². The van der Waals surface area contributed by atoms with Crippen molar-refractivity contribution in [3.8, 4) is 0 Å². The first kappa shape index (κ1) is 12.5. The number of nitrogens with two attached hydrogens (primary N) is 1. The van der Waals surface area contributed by atoms with Gasteiger partial charge in [0, 0.05) is 37.9 Å². The molecule has 1 aromatic heterocycles. The topological polar surface area (TPSA) is 85.0 Å². The molecular weight excluding hydrogens is 206 g/mol. The minimum Gasteiger partial charge on any atom is -0.352 e. The number of amides is 2. The Bertz CT molecular complexity index is 360. The van der Waals surface area contributed by atoms with Gasteiger partial charge in [0.05, 0.1) is 5.69 Å². The van der Waals surface area contributed by atoms with Crippen LogP contribution in [0, 0.1) is 6.92 Å². The van der Waals surface area contributed by atoms with Gasteiger partial charge in [0.25, 0.3) is 0 Å². The first-order valence-corrected chi connectivity index (χ1v) is 5.27. The second-order valence-corrected chi connectivity index (χ2v) is 3.81. The van der Waals surface area contributed by atoms with Gasteiger partial charge in [-0.05, 0) is 13.8 Å². The van der Waals surface area contributed by atoms with Crippen LogP contribution in [0.4, 0.5) is 4.79 Å². The highest BCUT2D eigenvalue weighted by molar-refractivity contribution is 5.71. The third kappa shape index (κ3) is 3.54. The van der Waals surface area contributed by atoms with Crippen molar-refractivity contribution in [2.75, 3.05) is 13.1 Å². The Balaban J connectivity index is 2.38. The van der Waals surface area contributed by atoms with Gasteiger partial charge in [0.15, 0.2) is 0 Å². The number of primary amides is 1. The van der Waals surface area contributed by atoms with E-state index < -0.39 is 6.03 Å². The summed E-state index contributed by atoms with van der Waals surface area (Å²) < 4.78 is 1.80. The summed E-state index contributed by atoms with van der Waals surface area (Å²) in [6.45, 7) is 5.25. The first-order valence-electron chi connectivity index (χ1n) is 5.27. The van der Waals surface area contributed by atoms with Gasteiger partial charge in [-0.2, -0.15) is 5.10 Å². The summed E-state index contributed by atoms with van der Waals surface area (Å²) in [5.74, 6) is 0. The number of carbonyl (C=O) groups is 1. The number of nitrogens with one attached hydrogen (secondary N) is 2. The lowest BCUT2D eigenvalue weighted by atomic mass is 10.1. The predicted molar refractivity (Wildman–Crippen MR) is 61.9 cm³/mol. The monoisotopic (exact) mass is 225 g/mol. The highest BCUT2D eigenvalue weighted by Gasteiger charge is 2.10. The fourth-order valence-corrected chi connectivity index (χ4v) is 1.63. The van der Waals surface area contributed by atoms with Crippen molar-refractivity contribution in [1.29, 1.82) is 0 Å². The van der Waals surface area contributed by atoms with Crippen LogP contribution in [0.3, 0.4) is 0 Å². The zero-order valence-corrected chi connectivity index (χ0v) is 9.95. The minimum atomic E-state index is -0.494. The Morgan fingerprint density at radius 1 is 1.62 bits per heavy atom. The number of aromatic nitrogens is 2. The Labute approximate surface area is 95.2 Å². The van der Waals surface area contributed by atoms with Gasteiger partial charge in [-0.3, -0.25) is 4.68 Å². The molecule has 1 rings (SSSR count). The van der Waals surface area contributed by atoms with E-state index in [1.54, 1.807) is 4.68 Å². The third-order valence-corrected chi connectivity index (χ3v) is 2.39. The van der Waals surface area contributed by atoms with Gasteiger partial charge in [0.1, 0.15) is 0 Å². The van der Waals surface area contributed by atoms with E-state index in [4.69, 9.17) is 5.73 Å². The lowest BCUT2D eigenvalue weighted by molar-refractivity contribution is 0.249. The molecule has 0 aromatic carbocycles. The number of carbonyl (C=O) groups excluding carboxylic acids is 1. The van der Waals surface area contributed by atoms with E-state index in [-0.39, 0.29) is 6.04 Å². The van der Waals surface area contributed by atoms with Crippen LogP contribution in [0.1, 0.15) is 24.2 Å². The molecule has 0 aliphatic heterocycles. The first-order chi connectivity index (χ1) is 7.50. The van der Waals surface area contributed by atoms with Crippen molar-refractivity contribution in [2.24, 2.45) is 12.8 Å². The number of hydrogen-bond acceptors (Lipinski definition) is 3. The molecule has 0 saturated heterocycles. The molecule has 1 heterocycles. The quantitative estimate of drug-likeness (QED) is 0.619. The highest BCUT2D eigenvalue weighted by Crippen LogP contribution is 2.14. The molecule has 0 saturated carbocycles. The summed E-state index contributed by atoms with van der Waals surface area (Å²) in [5, 5.41) is 10.1. The van der Waals surface area contributed by atoms with Crippen molar-refractivity contribution in [3.63, 3.8) is 0 Å². The fourth-order valence-electron chi connectivity index (χ4n) is 1.63. The molecule has 0 radical (unpaired) electrons. The zero-order chi connectivity index (χ0) is 12.1. The average Bonchev–Trinajstić information content (AvgIpc) is 2.52. The summed E-state index contributed by atoms with van der Waals surface area (Å²) in [5.41, 5.74) is 7.14. The SMILES string of the molecule is Cc1nn(C)cc1C(C)NCCNC(N)=O. The number of hydrogen-bond donors (Lipinski definition) is 3. The van der Waals surface area contributed by atoms with Crippen molar-refractivity contribution in [2.45, 2.75) is 19.9 Å². The zero-order valence-electron chi connectivity index (χ0n) is 9.95. The van der Waals surface area contributed by atoms with Crippen molar-refractivity contribution < 1.29 is 4.79 Å². The summed E-state index contributed by atoms with van der Waals surface area (Å²) in [4.78, 5) is 10.4. The lowest BCUT2D eigenvalue weighted by Crippen LogP contribution is -2.36. The molecule has 1 atom stereocenters. The molecule has 6 heteroatoms. The van der Waals surface area contributed by atoms with Gasteiger partial charge in [-0.25, -0.2) is 4.79 Å². The Kier molecular flexibility index (Phi) is 4.30. The van der Waals surface area contributed by atoms with Gasteiger partial charge >= 0.3 is 6.03 Å². The number of urea groups is 1.